The quantitative estimate of drug-likeness (QED) is 0.502. The van der Waals surface area contributed by atoms with Crippen LogP contribution in [0, 0.1) is 0 Å². The van der Waals surface area contributed by atoms with Crippen LogP contribution in [0.2, 0.25) is 0 Å². The van der Waals surface area contributed by atoms with Crippen LogP contribution in [0.15, 0.2) is 74.1 Å². The summed E-state index contributed by atoms with van der Waals surface area (Å²) in [5, 5.41) is 13.1. The van der Waals surface area contributed by atoms with E-state index in [1.54, 1.807) is 14.2 Å². The normalized spacial score (nSPS) is 22.2. The van der Waals surface area contributed by atoms with Crippen molar-refractivity contribution in [2.45, 2.75) is 26.1 Å². The molecule has 1 saturated heterocycles. The molecule has 1 unspecified atom stereocenters. The zero-order valence-electron chi connectivity index (χ0n) is 25.3. The van der Waals surface area contributed by atoms with Crippen LogP contribution in [-0.2, 0) is 16.0 Å². The van der Waals surface area contributed by atoms with E-state index >= 15 is 0 Å². The molecular formula is C31H38ClN9O2. The molecule has 6 rings (SSSR count). The number of allylic oxidation sites excluding steroid dienone is 5. The van der Waals surface area contributed by atoms with Gasteiger partial charge in [-0.2, -0.15) is 0 Å². The highest BCUT2D eigenvalue weighted by molar-refractivity contribution is 6.33. The number of benzene rings is 1. The Labute approximate surface area is 257 Å². The third-order valence-electron chi connectivity index (χ3n) is 8.14. The van der Waals surface area contributed by atoms with Crippen molar-refractivity contribution in [1.82, 2.24) is 24.6 Å². The third kappa shape index (κ3) is 5.84. The first-order chi connectivity index (χ1) is 20.9. The predicted molar refractivity (Wildman–Crippen MR) is 171 cm³/mol. The van der Waals surface area contributed by atoms with Crippen molar-refractivity contribution < 1.29 is 9.47 Å². The molecule has 1 N–H and O–H groups in total. The van der Waals surface area contributed by atoms with Crippen LogP contribution in [0.3, 0.4) is 0 Å². The van der Waals surface area contributed by atoms with Gasteiger partial charge in [-0.3, -0.25) is 4.57 Å². The third-order valence-corrected chi connectivity index (χ3v) is 8.55. The van der Waals surface area contributed by atoms with Crippen LogP contribution in [0.5, 0.6) is 0 Å². The number of anilines is 2. The van der Waals surface area contributed by atoms with Gasteiger partial charge in [-0.15, -0.1) is 10.2 Å². The molecule has 4 aliphatic rings. The fourth-order valence-corrected chi connectivity index (χ4v) is 6.08. The van der Waals surface area contributed by atoms with Gasteiger partial charge < -0.3 is 29.5 Å². The number of ether oxygens (including phenoxy) is 2. The van der Waals surface area contributed by atoms with E-state index in [4.69, 9.17) is 26.1 Å². The first-order valence-electron chi connectivity index (χ1n) is 14.6. The molecule has 1 aromatic carbocycles. The number of nitrogens with zero attached hydrogens (tertiary/aromatic N) is 8. The number of hydrogen-bond acceptors (Lipinski definition) is 10. The molecule has 0 amide bonds. The van der Waals surface area contributed by atoms with Gasteiger partial charge in [0.25, 0.3) is 0 Å². The molecule has 0 bridgehead atoms. The number of hydrogen-bond donors (Lipinski definition) is 1. The number of fused-ring (bicyclic) bond motifs is 3. The van der Waals surface area contributed by atoms with Gasteiger partial charge in [-0.1, -0.05) is 18.5 Å². The number of likely N-dealkylation sites (N-methyl/N-ethyl adjacent to an activating group) is 1. The lowest BCUT2D eigenvalue weighted by molar-refractivity contribution is 0.264. The first kappa shape index (κ1) is 29.2. The van der Waals surface area contributed by atoms with Gasteiger partial charge >= 0.3 is 0 Å². The highest BCUT2D eigenvalue weighted by atomic mass is 35.5. The van der Waals surface area contributed by atoms with Crippen molar-refractivity contribution in [2.24, 2.45) is 9.98 Å². The average Bonchev–Trinajstić information content (AvgIpc) is 3.44. The molecule has 226 valence electrons. The van der Waals surface area contributed by atoms with Crippen molar-refractivity contribution in [3.05, 3.63) is 75.8 Å². The van der Waals surface area contributed by atoms with Crippen LogP contribution in [0.4, 0.5) is 11.4 Å². The lowest BCUT2D eigenvalue weighted by Gasteiger charge is -2.35. The highest BCUT2D eigenvalue weighted by Gasteiger charge is 2.34. The first-order valence-corrected chi connectivity index (χ1v) is 14.9. The van der Waals surface area contributed by atoms with Crippen molar-refractivity contribution in [3.63, 3.8) is 0 Å². The maximum atomic E-state index is 6.85. The van der Waals surface area contributed by atoms with Crippen LogP contribution in [0.25, 0.3) is 5.57 Å². The summed E-state index contributed by atoms with van der Waals surface area (Å²) < 4.78 is 13.2. The van der Waals surface area contributed by atoms with Gasteiger partial charge in [-0.05, 0) is 56.6 Å². The van der Waals surface area contributed by atoms with Crippen molar-refractivity contribution in [2.75, 3.05) is 71.3 Å². The van der Waals surface area contributed by atoms with Gasteiger partial charge in [-0.25, -0.2) is 9.98 Å². The maximum Gasteiger partial charge on any atom is 0.224 e. The number of methoxy groups -OCH3 is 2. The summed E-state index contributed by atoms with van der Waals surface area (Å²) in [5.74, 6) is 3.31. The van der Waals surface area contributed by atoms with Crippen molar-refractivity contribution >= 4 is 40.7 Å². The number of aromatic nitrogens is 3. The van der Waals surface area contributed by atoms with Crippen LogP contribution in [0.1, 0.15) is 31.2 Å². The van der Waals surface area contributed by atoms with Crippen LogP contribution >= 0.6 is 11.6 Å². The summed E-state index contributed by atoms with van der Waals surface area (Å²) in [7, 11) is 7.26. The Balaban J connectivity index is 1.31. The van der Waals surface area contributed by atoms with E-state index in [2.05, 4.69) is 77.0 Å². The fourth-order valence-electron chi connectivity index (χ4n) is 5.78. The summed E-state index contributed by atoms with van der Waals surface area (Å²) in [4.78, 5) is 16.7. The average molecular weight is 604 g/mol. The highest BCUT2D eigenvalue weighted by Crippen LogP contribution is 2.42. The van der Waals surface area contributed by atoms with Crippen molar-refractivity contribution in [1.29, 1.82) is 0 Å². The maximum absolute atomic E-state index is 6.85. The van der Waals surface area contributed by atoms with Gasteiger partial charge in [0.15, 0.2) is 12.0 Å². The van der Waals surface area contributed by atoms with E-state index in [0.717, 1.165) is 66.7 Å². The lowest BCUT2D eigenvalue weighted by atomic mass is 9.93. The summed E-state index contributed by atoms with van der Waals surface area (Å²) >= 11 is 6.85. The Morgan fingerprint density at radius 2 is 1.79 bits per heavy atom. The van der Waals surface area contributed by atoms with Gasteiger partial charge in [0.1, 0.15) is 17.3 Å². The topological polar surface area (TPSA) is 95.6 Å². The minimum absolute atomic E-state index is 0.371. The van der Waals surface area contributed by atoms with E-state index in [1.807, 2.05) is 26.4 Å². The van der Waals surface area contributed by atoms with E-state index in [-0.39, 0.29) is 6.17 Å². The van der Waals surface area contributed by atoms with Crippen LogP contribution in [-0.4, -0.2) is 97.8 Å². The monoisotopic (exact) mass is 603 g/mol. The van der Waals surface area contributed by atoms with E-state index in [9.17, 15) is 0 Å². The second-order valence-electron chi connectivity index (χ2n) is 11.1. The van der Waals surface area contributed by atoms with Crippen molar-refractivity contribution in [3.8, 4) is 0 Å². The molecule has 12 heteroatoms. The summed E-state index contributed by atoms with van der Waals surface area (Å²) in [6.07, 6.45) is 5.85. The fraction of sp³-hybridized carbons (Fsp3) is 0.419. The second kappa shape index (κ2) is 12.4. The number of guanidine groups is 1. The molecule has 1 aliphatic carbocycles. The zero-order valence-corrected chi connectivity index (χ0v) is 26.1. The standard InChI is InChI=1S/C31H38ClN9O2/c1-6-39-11-13-40(14-12-39)22-9-7-21(8-10-22)34-31-33-18-20-15-25(24-16-23(42-4)17-26(43-5)28(24)32)30-37-36-27(19-38(2)3)41(30)29(20)35-31/h7-10,15,17-18,29H,6,11-14,16,19H2,1-5H3,(H,34,35). The Morgan fingerprint density at radius 1 is 1.02 bits per heavy atom. The molecule has 11 nitrogen and oxygen atoms in total. The Hall–Kier alpha value is -3.93. The Morgan fingerprint density at radius 3 is 2.47 bits per heavy atom. The number of aliphatic imine (C=N–C) groups is 2. The molecule has 2 aromatic rings. The molecule has 1 aromatic heterocycles. The van der Waals surface area contributed by atoms with E-state index in [0.29, 0.717) is 35.5 Å². The molecule has 0 saturated carbocycles. The Kier molecular flexibility index (Phi) is 8.38. The lowest BCUT2D eigenvalue weighted by Crippen LogP contribution is -2.46. The number of nitrogens with one attached hydrogen (secondary N) is 1. The minimum atomic E-state index is -0.371. The molecule has 4 heterocycles. The number of halogens is 1. The van der Waals surface area contributed by atoms with Gasteiger partial charge in [0, 0.05) is 67.4 Å². The second-order valence-corrected chi connectivity index (χ2v) is 11.5. The molecule has 0 radical (unpaired) electrons. The zero-order chi connectivity index (χ0) is 30.1. The minimum Gasteiger partial charge on any atom is -0.501 e. The number of rotatable bonds is 7. The summed E-state index contributed by atoms with van der Waals surface area (Å²) in [6, 6.07) is 8.49. The molecule has 0 spiro atoms. The molecule has 3 aliphatic heterocycles. The molecular weight excluding hydrogens is 566 g/mol. The van der Waals surface area contributed by atoms with E-state index < -0.39 is 0 Å². The van der Waals surface area contributed by atoms with E-state index in [1.165, 1.54) is 5.69 Å². The SMILES string of the molecule is CCN1CCN(c2ccc(NC3=NC4C(=CC(=C5CC(OC)=CC(OC)=C5Cl)c5nnc(CN(C)C)n54)C=N3)cc2)CC1. The van der Waals surface area contributed by atoms with Gasteiger partial charge in [0.2, 0.25) is 5.96 Å². The van der Waals surface area contributed by atoms with Crippen LogP contribution < -0.4 is 10.2 Å². The van der Waals surface area contributed by atoms with Gasteiger partial charge in [0.05, 0.1) is 25.8 Å². The largest absolute Gasteiger partial charge is 0.501 e. The summed E-state index contributed by atoms with van der Waals surface area (Å²) in [5.41, 5.74) is 4.78. The molecule has 1 fully saturated rings. The predicted octanol–water partition coefficient (Wildman–Crippen LogP) is 4.26. The molecule has 43 heavy (non-hydrogen) atoms. The number of piperazine rings is 1. The smallest absolute Gasteiger partial charge is 0.224 e. The summed E-state index contributed by atoms with van der Waals surface area (Å²) in [6.45, 7) is 8.20. The Bertz CT molecular complexity index is 1560. The molecule has 1 atom stereocenters.